The topological polar surface area (TPSA) is 0 Å². The quantitative estimate of drug-likeness (QED) is 0.375. The van der Waals surface area contributed by atoms with Gasteiger partial charge in [-0.2, -0.15) is 0 Å². The summed E-state index contributed by atoms with van der Waals surface area (Å²) in [5.74, 6) is 1.74. The maximum atomic E-state index is 2.28. The lowest BCUT2D eigenvalue weighted by molar-refractivity contribution is 0.320. The van der Waals surface area contributed by atoms with Crippen LogP contribution in [-0.4, -0.2) is 0 Å². The van der Waals surface area contributed by atoms with Crippen LogP contribution in [-0.2, 0) is 0 Å². The molecule has 0 spiro atoms. The second-order valence-corrected chi connectivity index (χ2v) is 10.3. The van der Waals surface area contributed by atoms with Crippen molar-refractivity contribution in [2.45, 2.75) is 181 Å². The first-order valence-corrected chi connectivity index (χ1v) is 13.8. The molecular weight excluding hydrogens is 360 g/mol. The van der Waals surface area contributed by atoms with Crippen LogP contribution in [0.4, 0.5) is 0 Å². The summed E-state index contributed by atoms with van der Waals surface area (Å²) in [6.45, 7) is 35.6. The Morgan fingerprint density at radius 2 is 0.633 bits per heavy atom. The molecule has 0 bridgehead atoms. The van der Waals surface area contributed by atoms with E-state index in [2.05, 4.69) is 111 Å². The molecule has 0 aromatic carbocycles. The highest BCUT2D eigenvalue weighted by molar-refractivity contribution is 4.62. The molecule has 0 unspecified atom stereocenters. The van der Waals surface area contributed by atoms with Crippen molar-refractivity contribution in [3.63, 3.8) is 0 Å². The van der Waals surface area contributed by atoms with Gasteiger partial charge in [0.25, 0.3) is 0 Å². The lowest BCUT2D eigenvalue weighted by atomic mass is 9.86. The monoisotopic (exact) mass is 433 g/mol. The summed E-state index contributed by atoms with van der Waals surface area (Å²) in [5, 5.41) is 0. The van der Waals surface area contributed by atoms with E-state index < -0.39 is 0 Å². The first-order chi connectivity index (χ1) is 13.8. The maximum absolute atomic E-state index is 2.28. The summed E-state index contributed by atoms with van der Waals surface area (Å²) in [6, 6.07) is 0. The fourth-order valence-corrected chi connectivity index (χ4v) is 1.80. The van der Waals surface area contributed by atoms with Crippen molar-refractivity contribution in [1.82, 2.24) is 0 Å². The molecule has 0 aliphatic heterocycles. The van der Waals surface area contributed by atoms with Gasteiger partial charge in [0.1, 0.15) is 0 Å². The van der Waals surface area contributed by atoms with Crippen LogP contribution in [0.5, 0.6) is 0 Å². The molecule has 0 rings (SSSR count). The molecule has 0 heterocycles. The van der Waals surface area contributed by atoms with Gasteiger partial charge in [0.2, 0.25) is 0 Å². The minimum atomic E-state index is 0.522. The van der Waals surface area contributed by atoms with Crippen LogP contribution in [0.1, 0.15) is 181 Å². The first kappa shape index (κ1) is 43.8. The lowest BCUT2D eigenvalue weighted by Gasteiger charge is -2.19. The number of rotatable bonds is 7. The van der Waals surface area contributed by atoms with E-state index in [1.807, 2.05) is 0 Å². The lowest BCUT2D eigenvalue weighted by Crippen LogP contribution is -2.08. The second-order valence-electron chi connectivity index (χ2n) is 10.3. The van der Waals surface area contributed by atoms with Crippen LogP contribution < -0.4 is 0 Å². The smallest absolute Gasteiger partial charge is 0.0380 e. The third-order valence-electron chi connectivity index (χ3n) is 3.89. The van der Waals surface area contributed by atoms with Gasteiger partial charge < -0.3 is 0 Å². The van der Waals surface area contributed by atoms with Crippen LogP contribution in [0, 0.1) is 17.3 Å². The van der Waals surface area contributed by atoms with E-state index >= 15 is 0 Å². The maximum Gasteiger partial charge on any atom is -0.0380 e. The van der Waals surface area contributed by atoms with Gasteiger partial charge in [-0.3, -0.25) is 0 Å². The van der Waals surface area contributed by atoms with Gasteiger partial charge in [-0.25, -0.2) is 0 Å². The van der Waals surface area contributed by atoms with E-state index in [1.165, 1.54) is 70.6 Å². The van der Waals surface area contributed by atoms with E-state index in [1.54, 1.807) is 0 Å². The highest BCUT2D eigenvalue weighted by Gasteiger charge is 2.11. The van der Waals surface area contributed by atoms with Gasteiger partial charge in [0.05, 0.1) is 0 Å². The molecule has 0 atom stereocenters. The van der Waals surface area contributed by atoms with Crippen LogP contribution in [0.2, 0.25) is 0 Å². The number of unbranched alkanes of at least 4 members (excludes halogenated alkanes) is 4. The molecular formula is C30H72. The van der Waals surface area contributed by atoms with Crippen molar-refractivity contribution in [2.24, 2.45) is 17.3 Å². The fraction of sp³-hybridized carbons (Fsp3) is 1.00. The highest BCUT2D eigenvalue weighted by atomic mass is 14.2. The van der Waals surface area contributed by atoms with E-state index in [0.29, 0.717) is 5.41 Å². The molecule has 0 heteroatoms. The van der Waals surface area contributed by atoms with E-state index in [4.69, 9.17) is 0 Å². The normalized spacial score (nSPS) is 9.40. The molecule has 0 fully saturated rings. The SMILES string of the molecule is CC(C)CC(C)(C)C.CCCC.CCCC.CCCC.CCCC.CCCC(C)C. The average molecular weight is 433 g/mol. The Kier molecular flexibility index (Phi) is 62.8. The van der Waals surface area contributed by atoms with E-state index in [-0.39, 0.29) is 0 Å². The molecule has 0 saturated carbocycles. The molecule has 192 valence electrons. The minimum Gasteiger partial charge on any atom is -0.0654 e. The van der Waals surface area contributed by atoms with Crippen molar-refractivity contribution in [1.29, 1.82) is 0 Å². The predicted octanol–water partition coefficient (Wildman–Crippen LogP) is 12.7. The summed E-state index contributed by atoms with van der Waals surface area (Å²) >= 11 is 0. The van der Waals surface area contributed by atoms with Gasteiger partial charge in [-0.05, 0) is 23.7 Å². The molecule has 0 radical (unpaired) electrons. The largest absolute Gasteiger partial charge is 0.0654 e. The summed E-state index contributed by atoms with van der Waals surface area (Å²) in [6.07, 6.45) is 14.6. The van der Waals surface area contributed by atoms with Crippen LogP contribution in [0.25, 0.3) is 0 Å². The zero-order valence-corrected chi connectivity index (χ0v) is 25.4. The Labute approximate surface area is 198 Å². The molecule has 0 aromatic heterocycles. The minimum absolute atomic E-state index is 0.522. The van der Waals surface area contributed by atoms with Crippen molar-refractivity contribution >= 4 is 0 Å². The summed E-state index contributed by atoms with van der Waals surface area (Å²) in [4.78, 5) is 0. The third kappa shape index (κ3) is 142. The number of hydrogen-bond donors (Lipinski definition) is 0. The molecule has 0 nitrogen and oxygen atoms in total. The van der Waals surface area contributed by atoms with E-state index in [9.17, 15) is 0 Å². The van der Waals surface area contributed by atoms with Gasteiger partial charge >= 0.3 is 0 Å². The number of hydrogen-bond acceptors (Lipinski definition) is 0. The van der Waals surface area contributed by atoms with E-state index in [0.717, 1.165) is 11.8 Å². The van der Waals surface area contributed by atoms with Crippen LogP contribution >= 0.6 is 0 Å². The Morgan fingerprint density at radius 1 is 0.400 bits per heavy atom. The van der Waals surface area contributed by atoms with Crippen molar-refractivity contribution in [3.05, 3.63) is 0 Å². The highest BCUT2D eigenvalue weighted by Crippen LogP contribution is 2.23. The fourth-order valence-electron chi connectivity index (χ4n) is 1.80. The van der Waals surface area contributed by atoms with Crippen molar-refractivity contribution in [3.8, 4) is 0 Å². The molecule has 0 N–H and O–H groups in total. The molecule has 30 heavy (non-hydrogen) atoms. The van der Waals surface area contributed by atoms with Gasteiger partial charge in [-0.1, -0.05) is 175 Å². The Bertz CT molecular complexity index is 171. The average Bonchev–Trinajstić information content (AvgIpc) is 2.67. The molecule has 0 aliphatic rings. The Hall–Kier alpha value is 0. The predicted molar refractivity (Wildman–Crippen MR) is 151 cm³/mol. The second kappa shape index (κ2) is 43.0. The molecule has 0 aromatic rings. The summed E-state index contributed by atoms with van der Waals surface area (Å²) in [5.41, 5.74) is 0.522. The molecule has 0 amide bonds. The third-order valence-corrected chi connectivity index (χ3v) is 3.89. The Morgan fingerprint density at radius 3 is 0.633 bits per heavy atom. The van der Waals surface area contributed by atoms with Gasteiger partial charge in [0.15, 0.2) is 0 Å². The van der Waals surface area contributed by atoms with Crippen LogP contribution in [0.3, 0.4) is 0 Å². The van der Waals surface area contributed by atoms with Gasteiger partial charge in [-0.15, -0.1) is 0 Å². The van der Waals surface area contributed by atoms with Crippen LogP contribution in [0.15, 0.2) is 0 Å². The standard InChI is InChI=1S/C8H18.C6H14.4C4H10/c1-7(2)6-8(3,4)5;1-4-5-6(2)3;4*1-3-4-2/h7H,6H2,1-5H3;6H,4-5H2,1-3H3;4*3-4H2,1-2H3. The molecule has 0 saturated heterocycles. The van der Waals surface area contributed by atoms with Gasteiger partial charge in [0, 0.05) is 0 Å². The zero-order valence-electron chi connectivity index (χ0n) is 25.4. The van der Waals surface area contributed by atoms with Crippen molar-refractivity contribution in [2.75, 3.05) is 0 Å². The molecule has 0 aliphatic carbocycles. The summed E-state index contributed by atoms with van der Waals surface area (Å²) < 4.78 is 0. The summed E-state index contributed by atoms with van der Waals surface area (Å²) in [7, 11) is 0. The van der Waals surface area contributed by atoms with Crippen molar-refractivity contribution < 1.29 is 0 Å². The Balaban J connectivity index is -0.0000000593. The first-order valence-electron chi connectivity index (χ1n) is 13.8. The zero-order chi connectivity index (χ0) is 25.4.